The molecule has 2 amide bonds. The molecule has 3 aromatic rings. The summed E-state index contributed by atoms with van der Waals surface area (Å²) in [5.41, 5.74) is 2.44. The van der Waals surface area contributed by atoms with Crippen molar-refractivity contribution in [3.8, 4) is 11.5 Å². The van der Waals surface area contributed by atoms with Crippen LogP contribution in [0.2, 0.25) is 0 Å². The average molecular weight is 550 g/mol. The summed E-state index contributed by atoms with van der Waals surface area (Å²) in [4.78, 5) is 36.1. The molecule has 0 spiro atoms. The van der Waals surface area contributed by atoms with E-state index in [1.165, 1.54) is 19.2 Å². The third kappa shape index (κ3) is 5.18. The highest BCUT2D eigenvalue weighted by atomic mass is 79.9. The van der Waals surface area contributed by atoms with Gasteiger partial charge in [0.05, 0.1) is 27.8 Å². The summed E-state index contributed by atoms with van der Waals surface area (Å²) >= 11 is 3.49. The van der Waals surface area contributed by atoms with E-state index in [1.54, 1.807) is 67.6 Å². The fourth-order valence-corrected chi connectivity index (χ4v) is 4.10. The lowest BCUT2D eigenvalue weighted by molar-refractivity contribution is -0.384. The first kappa shape index (κ1) is 24.8. The fraction of sp³-hybridized carbons (Fsp3) is 0.115. The van der Waals surface area contributed by atoms with Gasteiger partial charge in [0.15, 0.2) is 11.5 Å². The van der Waals surface area contributed by atoms with Crippen molar-refractivity contribution in [2.45, 2.75) is 13.5 Å². The van der Waals surface area contributed by atoms with Gasteiger partial charge >= 0.3 is 0 Å². The lowest BCUT2D eigenvalue weighted by Gasteiger charge is -2.14. The van der Waals surface area contributed by atoms with Crippen molar-refractivity contribution in [3.05, 3.63) is 104 Å². The number of hydrogen-bond acceptors (Lipinski definition) is 7. The largest absolute Gasteiger partial charge is 0.493 e. The van der Waals surface area contributed by atoms with Crippen LogP contribution in [-0.2, 0) is 11.4 Å². The normalized spacial score (nSPS) is 14.1. The monoisotopic (exact) mass is 549 g/mol. The Hall–Kier alpha value is -4.31. The standard InChI is InChI=1S/C26H20BrN3O6/c1-16-21(26(32)29(28-16)25(31)19-6-4-3-5-7-19)12-18-13-22(27)24(23(14-18)35-2)36-15-17-8-10-20(11-9-17)30(33)34/h3-14H,15H2,1-2H3/b21-12+. The summed E-state index contributed by atoms with van der Waals surface area (Å²) in [6.45, 7) is 1.82. The maximum atomic E-state index is 13.0. The van der Waals surface area contributed by atoms with Gasteiger partial charge in [0.25, 0.3) is 17.5 Å². The lowest BCUT2D eigenvalue weighted by atomic mass is 10.1. The molecule has 1 aliphatic heterocycles. The van der Waals surface area contributed by atoms with Crippen LogP contribution in [0.15, 0.2) is 81.9 Å². The molecule has 0 fully saturated rings. The number of benzene rings is 3. The molecule has 0 saturated heterocycles. The van der Waals surface area contributed by atoms with Crippen molar-refractivity contribution in [2.75, 3.05) is 7.11 Å². The van der Waals surface area contributed by atoms with E-state index in [4.69, 9.17) is 9.47 Å². The highest BCUT2D eigenvalue weighted by molar-refractivity contribution is 9.10. The highest BCUT2D eigenvalue weighted by Gasteiger charge is 2.33. The molecule has 0 bridgehead atoms. The highest BCUT2D eigenvalue weighted by Crippen LogP contribution is 2.38. The van der Waals surface area contributed by atoms with Crippen LogP contribution in [0.4, 0.5) is 5.69 Å². The molecular weight excluding hydrogens is 530 g/mol. The van der Waals surface area contributed by atoms with Gasteiger partial charge < -0.3 is 9.47 Å². The minimum Gasteiger partial charge on any atom is -0.493 e. The van der Waals surface area contributed by atoms with E-state index in [0.717, 1.165) is 10.6 Å². The molecule has 0 saturated carbocycles. The number of nitro groups is 1. The van der Waals surface area contributed by atoms with Gasteiger partial charge in [0.1, 0.15) is 6.61 Å². The van der Waals surface area contributed by atoms with Crippen LogP contribution < -0.4 is 9.47 Å². The summed E-state index contributed by atoms with van der Waals surface area (Å²) in [6.07, 6.45) is 1.63. The Morgan fingerprint density at radius 2 is 1.83 bits per heavy atom. The molecule has 182 valence electrons. The van der Waals surface area contributed by atoms with Gasteiger partial charge in [-0.05, 0) is 76.5 Å². The van der Waals surface area contributed by atoms with Crippen molar-refractivity contribution in [2.24, 2.45) is 5.10 Å². The number of non-ortho nitro benzene ring substituents is 1. The van der Waals surface area contributed by atoms with Crippen LogP contribution in [0.1, 0.15) is 28.4 Å². The van der Waals surface area contributed by atoms with Gasteiger partial charge in [-0.1, -0.05) is 18.2 Å². The zero-order chi connectivity index (χ0) is 25.8. The number of ether oxygens (including phenoxy) is 2. The first-order valence-electron chi connectivity index (χ1n) is 10.7. The second-order valence-electron chi connectivity index (χ2n) is 7.78. The number of nitrogens with zero attached hydrogens (tertiary/aromatic N) is 3. The van der Waals surface area contributed by atoms with Crippen LogP contribution in [0.5, 0.6) is 11.5 Å². The number of halogens is 1. The van der Waals surface area contributed by atoms with Gasteiger partial charge in [0.2, 0.25) is 0 Å². The van der Waals surface area contributed by atoms with Crippen molar-refractivity contribution in [1.82, 2.24) is 5.01 Å². The Balaban J connectivity index is 1.55. The van der Waals surface area contributed by atoms with Crippen molar-refractivity contribution in [1.29, 1.82) is 0 Å². The molecule has 4 rings (SSSR count). The number of carbonyl (C=O) groups is 2. The molecule has 9 nitrogen and oxygen atoms in total. The van der Waals surface area contributed by atoms with Gasteiger partial charge in [0, 0.05) is 17.7 Å². The molecule has 0 N–H and O–H groups in total. The number of rotatable bonds is 7. The summed E-state index contributed by atoms with van der Waals surface area (Å²) in [7, 11) is 1.49. The molecule has 3 aromatic carbocycles. The first-order valence-corrected chi connectivity index (χ1v) is 11.5. The predicted octanol–water partition coefficient (Wildman–Crippen LogP) is 5.39. The van der Waals surface area contributed by atoms with E-state index in [0.29, 0.717) is 32.8 Å². The van der Waals surface area contributed by atoms with Crippen LogP contribution in [0.3, 0.4) is 0 Å². The maximum absolute atomic E-state index is 13.0. The Kier molecular flexibility index (Phi) is 7.25. The molecular formula is C26H20BrN3O6. The number of amides is 2. The topological polar surface area (TPSA) is 111 Å². The summed E-state index contributed by atoms with van der Waals surface area (Å²) < 4.78 is 12.0. The van der Waals surface area contributed by atoms with E-state index >= 15 is 0 Å². The van der Waals surface area contributed by atoms with Gasteiger partial charge in [-0.3, -0.25) is 19.7 Å². The van der Waals surface area contributed by atoms with Crippen molar-refractivity contribution < 1.29 is 24.0 Å². The summed E-state index contributed by atoms with van der Waals surface area (Å²) in [6, 6.07) is 18.0. The van der Waals surface area contributed by atoms with Gasteiger partial charge in [-0.15, -0.1) is 0 Å². The van der Waals surface area contributed by atoms with Crippen LogP contribution in [0.25, 0.3) is 6.08 Å². The molecule has 0 atom stereocenters. The van der Waals surface area contributed by atoms with E-state index in [-0.39, 0.29) is 17.9 Å². The predicted molar refractivity (Wildman–Crippen MR) is 137 cm³/mol. The zero-order valence-corrected chi connectivity index (χ0v) is 20.9. The Morgan fingerprint density at radius 1 is 1.14 bits per heavy atom. The SMILES string of the molecule is COc1cc(/C=C2/C(=O)N(C(=O)c3ccccc3)N=C2C)cc(Br)c1OCc1ccc([N+](=O)[O-])cc1. The number of imide groups is 1. The lowest BCUT2D eigenvalue weighted by Crippen LogP contribution is -2.29. The molecule has 0 aromatic heterocycles. The summed E-state index contributed by atoms with van der Waals surface area (Å²) in [5.74, 6) is -0.176. The quantitative estimate of drug-likeness (QED) is 0.169. The minimum absolute atomic E-state index is 0.000715. The summed E-state index contributed by atoms with van der Waals surface area (Å²) in [5, 5.41) is 15.9. The molecule has 0 unspecified atom stereocenters. The van der Waals surface area contributed by atoms with Crippen molar-refractivity contribution in [3.63, 3.8) is 0 Å². The number of methoxy groups -OCH3 is 1. The molecule has 0 radical (unpaired) electrons. The van der Waals surface area contributed by atoms with Crippen molar-refractivity contribution >= 4 is 45.2 Å². The van der Waals surface area contributed by atoms with Crippen LogP contribution >= 0.6 is 15.9 Å². The third-order valence-electron chi connectivity index (χ3n) is 5.37. The molecule has 1 aliphatic rings. The number of hydrogen-bond donors (Lipinski definition) is 0. The van der Waals surface area contributed by atoms with Crippen LogP contribution in [0, 0.1) is 10.1 Å². The zero-order valence-electron chi connectivity index (χ0n) is 19.3. The third-order valence-corrected chi connectivity index (χ3v) is 5.96. The number of carbonyl (C=O) groups excluding carboxylic acids is 2. The second-order valence-corrected chi connectivity index (χ2v) is 8.63. The van der Waals surface area contributed by atoms with E-state index < -0.39 is 16.7 Å². The molecule has 0 aliphatic carbocycles. The van der Waals surface area contributed by atoms with E-state index in [2.05, 4.69) is 21.0 Å². The number of nitro benzene ring substituents is 1. The fourth-order valence-electron chi connectivity index (χ4n) is 3.52. The Bertz CT molecular complexity index is 1400. The molecule has 1 heterocycles. The Morgan fingerprint density at radius 3 is 2.47 bits per heavy atom. The Labute approximate surface area is 214 Å². The maximum Gasteiger partial charge on any atom is 0.283 e. The molecule has 36 heavy (non-hydrogen) atoms. The van der Waals surface area contributed by atoms with Gasteiger partial charge in [-0.2, -0.15) is 10.1 Å². The number of hydrazone groups is 1. The first-order chi connectivity index (χ1) is 17.3. The van der Waals surface area contributed by atoms with Gasteiger partial charge in [-0.25, -0.2) is 0 Å². The average Bonchev–Trinajstić information content (AvgIpc) is 3.16. The second kappa shape index (κ2) is 10.5. The smallest absolute Gasteiger partial charge is 0.283 e. The van der Waals surface area contributed by atoms with E-state index in [9.17, 15) is 19.7 Å². The van der Waals surface area contributed by atoms with Crippen LogP contribution in [-0.4, -0.2) is 34.6 Å². The van der Waals surface area contributed by atoms with E-state index in [1.807, 2.05) is 0 Å². The molecule has 10 heteroatoms. The minimum atomic E-state index is -0.519.